The molecule has 4 heteroatoms. The minimum Gasteiger partial charge on any atom is -0.481 e. The van der Waals surface area contributed by atoms with Gasteiger partial charge in [-0.25, -0.2) is 0 Å². The lowest BCUT2D eigenvalue weighted by atomic mass is 10.1. The van der Waals surface area contributed by atoms with Crippen molar-refractivity contribution in [1.82, 2.24) is 0 Å². The van der Waals surface area contributed by atoms with Crippen molar-refractivity contribution in [3.8, 4) is 0 Å². The highest BCUT2D eigenvalue weighted by Crippen LogP contribution is 2.16. The van der Waals surface area contributed by atoms with Gasteiger partial charge in [-0.3, -0.25) is 9.59 Å². The van der Waals surface area contributed by atoms with Crippen LogP contribution < -0.4 is 0 Å². The fourth-order valence-corrected chi connectivity index (χ4v) is 1.12. The van der Waals surface area contributed by atoms with E-state index >= 15 is 0 Å². The molecule has 62 valence electrons. The Morgan fingerprint density at radius 1 is 1.73 bits per heavy atom. The van der Waals surface area contributed by atoms with Crippen LogP contribution in [0.25, 0.3) is 0 Å². The maximum absolute atomic E-state index is 10.6. The van der Waals surface area contributed by atoms with Gasteiger partial charge in [0.05, 0.1) is 6.42 Å². The SMILES string of the molecule is O=C(O)C[C@H]1CCCC(=O)O1. The van der Waals surface area contributed by atoms with Crippen molar-refractivity contribution in [1.29, 1.82) is 0 Å². The molecule has 0 aromatic carbocycles. The number of ether oxygens (including phenoxy) is 1. The van der Waals surface area contributed by atoms with Gasteiger partial charge in [0.2, 0.25) is 0 Å². The summed E-state index contributed by atoms with van der Waals surface area (Å²) < 4.78 is 4.78. The van der Waals surface area contributed by atoms with Gasteiger partial charge in [-0.2, -0.15) is 0 Å². The monoisotopic (exact) mass is 158 g/mol. The van der Waals surface area contributed by atoms with Crippen molar-refractivity contribution >= 4 is 11.9 Å². The molecule has 4 nitrogen and oxygen atoms in total. The predicted octanol–water partition coefficient (Wildman–Crippen LogP) is 0.557. The molecular weight excluding hydrogens is 148 g/mol. The summed E-state index contributed by atoms with van der Waals surface area (Å²) in [6.07, 6.45) is 1.39. The maximum atomic E-state index is 10.6. The standard InChI is InChI=1S/C7H10O4/c8-6(9)4-5-2-1-3-7(10)11-5/h5H,1-4H2,(H,8,9)/t5-/m1/s1. The number of rotatable bonds is 2. The Bertz CT molecular complexity index is 173. The fraction of sp³-hybridized carbons (Fsp3) is 0.714. The van der Waals surface area contributed by atoms with E-state index in [2.05, 4.69) is 0 Å². The lowest BCUT2D eigenvalue weighted by molar-refractivity contribution is -0.157. The van der Waals surface area contributed by atoms with Crippen LogP contribution in [0.2, 0.25) is 0 Å². The molecule has 1 saturated heterocycles. The second-order valence-corrected chi connectivity index (χ2v) is 2.60. The normalized spacial score (nSPS) is 24.4. The molecule has 0 amide bonds. The molecule has 1 rings (SSSR count). The molecule has 0 unspecified atom stereocenters. The van der Waals surface area contributed by atoms with Gasteiger partial charge in [-0.05, 0) is 12.8 Å². The topological polar surface area (TPSA) is 63.6 Å². The number of carboxylic acids is 1. The lowest BCUT2D eigenvalue weighted by Gasteiger charge is -2.20. The van der Waals surface area contributed by atoms with Crippen LogP contribution in [0.5, 0.6) is 0 Å². The van der Waals surface area contributed by atoms with Crippen LogP contribution in [0.15, 0.2) is 0 Å². The Morgan fingerprint density at radius 2 is 2.45 bits per heavy atom. The number of hydrogen-bond donors (Lipinski definition) is 1. The van der Waals surface area contributed by atoms with Gasteiger partial charge in [0.25, 0.3) is 0 Å². The van der Waals surface area contributed by atoms with E-state index in [9.17, 15) is 9.59 Å². The molecule has 0 aliphatic carbocycles. The first-order chi connectivity index (χ1) is 5.18. The molecule has 1 N–H and O–H groups in total. The van der Waals surface area contributed by atoms with E-state index in [0.717, 1.165) is 6.42 Å². The zero-order valence-corrected chi connectivity index (χ0v) is 6.08. The Labute approximate surface area is 64.2 Å². The van der Waals surface area contributed by atoms with Gasteiger partial charge in [-0.15, -0.1) is 0 Å². The third-order valence-corrected chi connectivity index (χ3v) is 1.61. The molecule has 1 heterocycles. The number of esters is 1. The summed E-state index contributed by atoms with van der Waals surface area (Å²) in [4.78, 5) is 20.8. The average Bonchev–Trinajstić information content (AvgIpc) is 1.85. The zero-order valence-electron chi connectivity index (χ0n) is 6.08. The first kappa shape index (κ1) is 8.04. The van der Waals surface area contributed by atoms with E-state index in [-0.39, 0.29) is 12.4 Å². The molecular formula is C7H10O4. The van der Waals surface area contributed by atoms with Crippen molar-refractivity contribution in [2.75, 3.05) is 0 Å². The van der Waals surface area contributed by atoms with Crippen LogP contribution >= 0.6 is 0 Å². The average molecular weight is 158 g/mol. The molecule has 1 fully saturated rings. The summed E-state index contributed by atoms with van der Waals surface area (Å²) >= 11 is 0. The summed E-state index contributed by atoms with van der Waals surface area (Å²) in [6.45, 7) is 0. The van der Waals surface area contributed by atoms with E-state index in [4.69, 9.17) is 9.84 Å². The molecule has 0 bridgehead atoms. The molecule has 1 aliphatic heterocycles. The lowest BCUT2D eigenvalue weighted by Crippen LogP contribution is -2.25. The summed E-state index contributed by atoms with van der Waals surface area (Å²) in [5.74, 6) is -1.19. The molecule has 0 spiro atoms. The summed E-state index contributed by atoms with van der Waals surface area (Å²) in [5.41, 5.74) is 0. The number of cyclic esters (lactones) is 1. The van der Waals surface area contributed by atoms with Crippen LogP contribution in [-0.2, 0) is 14.3 Å². The minimum atomic E-state index is -0.912. The van der Waals surface area contributed by atoms with Crippen molar-refractivity contribution < 1.29 is 19.4 Å². The molecule has 0 aromatic heterocycles. The first-order valence-corrected chi connectivity index (χ1v) is 3.60. The van der Waals surface area contributed by atoms with Gasteiger partial charge in [0.15, 0.2) is 0 Å². The highest BCUT2D eigenvalue weighted by atomic mass is 16.5. The first-order valence-electron chi connectivity index (χ1n) is 3.60. The number of carboxylic acid groups (broad SMARTS) is 1. The van der Waals surface area contributed by atoms with Gasteiger partial charge in [0, 0.05) is 6.42 Å². The van der Waals surface area contributed by atoms with E-state index in [1.54, 1.807) is 0 Å². The smallest absolute Gasteiger partial charge is 0.307 e. The van der Waals surface area contributed by atoms with Gasteiger partial charge < -0.3 is 9.84 Å². The Hall–Kier alpha value is -1.06. The van der Waals surface area contributed by atoms with Crippen LogP contribution in [0, 0.1) is 0 Å². The van der Waals surface area contributed by atoms with Crippen LogP contribution in [0.1, 0.15) is 25.7 Å². The van der Waals surface area contributed by atoms with Gasteiger partial charge in [0.1, 0.15) is 6.10 Å². The maximum Gasteiger partial charge on any atom is 0.307 e. The second-order valence-electron chi connectivity index (χ2n) is 2.60. The van der Waals surface area contributed by atoms with Crippen molar-refractivity contribution in [3.63, 3.8) is 0 Å². The summed E-state index contributed by atoms with van der Waals surface area (Å²) in [5, 5.41) is 8.36. The highest BCUT2D eigenvalue weighted by molar-refractivity contribution is 5.72. The van der Waals surface area contributed by atoms with Crippen molar-refractivity contribution in [2.24, 2.45) is 0 Å². The Kier molecular flexibility index (Phi) is 2.46. The Morgan fingerprint density at radius 3 is 3.00 bits per heavy atom. The van der Waals surface area contributed by atoms with E-state index < -0.39 is 12.1 Å². The van der Waals surface area contributed by atoms with Crippen molar-refractivity contribution in [3.05, 3.63) is 0 Å². The van der Waals surface area contributed by atoms with E-state index in [1.165, 1.54) is 0 Å². The van der Waals surface area contributed by atoms with Gasteiger partial charge in [-0.1, -0.05) is 0 Å². The summed E-state index contributed by atoms with van der Waals surface area (Å²) in [6, 6.07) is 0. The Balaban J connectivity index is 2.34. The van der Waals surface area contributed by atoms with E-state index in [1.807, 2.05) is 0 Å². The third kappa shape index (κ3) is 2.57. The number of aliphatic carboxylic acids is 1. The van der Waals surface area contributed by atoms with Crippen LogP contribution in [-0.4, -0.2) is 23.1 Å². The molecule has 0 aromatic rings. The minimum absolute atomic E-state index is 0.0638. The fourth-order valence-electron chi connectivity index (χ4n) is 1.12. The van der Waals surface area contributed by atoms with Crippen molar-refractivity contribution in [2.45, 2.75) is 31.8 Å². The second kappa shape index (κ2) is 3.37. The zero-order chi connectivity index (χ0) is 8.27. The predicted molar refractivity (Wildman–Crippen MR) is 36.0 cm³/mol. The third-order valence-electron chi connectivity index (χ3n) is 1.61. The number of hydrogen-bond acceptors (Lipinski definition) is 3. The molecule has 1 atom stereocenters. The molecule has 0 saturated carbocycles. The van der Waals surface area contributed by atoms with Crippen LogP contribution in [0.4, 0.5) is 0 Å². The number of carbonyl (C=O) groups is 2. The molecule has 11 heavy (non-hydrogen) atoms. The van der Waals surface area contributed by atoms with E-state index in [0.29, 0.717) is 12.8 Å². The summed E-state index contributed by atoms with van der Waals surface area (Å²) in [7, 11) is 0. The van der Waals surface area contributed by atoms with Gasteiger partial charge >= 0.3 is 11.9 Å². The molecule has 0 radical (unpaired) electrons. The quantitative estimate of drug-likeness (QED) is 0.596. The molecule has 1 aliphatic rings. The highest BCUT2D eigenvalue weighted by Gasteiger charge is 2.22. The van der Waals surface area contributed by atoms with Crippen LogP contribution in [0.3, 0.4) is 0 Å². The number of carbonyl (C=O) groups excluding carboxylic acids is 1. The largest absolute Gasteiger partial charge is 0.481 e.